The highest BCUT2D eigenvalue weighted by Crippen LogP contribution is 2.42. The molecule has 3 aliphatic heterocycles. The number of para-hydroxylation sites is 2. The molecule has 0 aliphatic carbocycles. The lowest BCUT2D eigenvalue weighted by molar-refractivity contribution is -0.121. The molecule has 0 saturated carbocycles. The fraction of sp³-hybridized carbons (Fsp3) is 0.391. The van der Waals surface area contributed by atoms with E-state index in [0.29, 0.717) is 11.7 Å². The van der Waals surface area contributed by atoms with Crippen LogP contribution in [0.25, 0.3) is 0 Å². The van der Waals surface area contributed by atoms with Crippen LogP contribution in [0.1, 0.15) is 42.9 Å². The molecule has 156 valence electrons. The van der Waals surface area contributed by atoms with Crippen LogP contribution in [0.4, 0.5) is 4.79 Å². The van der Waals surface area contributed by atoms with Crippen LogP contribution in [0.15, 0.2) is 48.5 Å². The van der Waals surface area contributed by atoms with E-state index in [2.05, 4.69) is 16.0 Å². The number of rotatable bonds is 6. The molecular weight excluding hydrogens is 398 g/mol. The van der Waals surface area contributed by atoms with Crippen LogP contribution in [-0.4, -0.2) is 35.0 Å². The van der Waals surface area contributed by atoms with E-state index in [1.54, 1.807) is 0 Å². The topological polar surface area (TPSA) is 79.5 Å². The number of hydrogen-bond acceptors (Lipinski definition) is 4. The van der Waals surface area contributed by atoms with Crippen molar-refractivity contribution in [1.29, 1.82) is 0 Å². The second-order valence-electron chi connectivity index (χ2n) is 8.05. The number of carbonyl (C=O) groups excluding carboxylic acids is 2. The molecular formula is C23H25N3O3S. The molecule has 7 heteroatoms. The van der Waals surface area contributed by atoms with Crippen LogP contribution in [0, 0.1) is 0 Å². The van der Waals surface area contributed by atoms with Crippen molar-refractivity contribution in [3.63, 3.8) is 0 Å². The number of amides is 3. The van der Waals surface area contributed by atoms with Gasteiger partial charge in [0.1, 0.15) is 11.5 Å². The van der Waals surface area contributed by atoms with Gasteiger partial charge in [0.25, 0.3) is 0 Å². The van der Waals surface area contributed by atoms with Gasteiger partial charge in [-0.2, -0.15) is 11.8 Å². The molecule has 6 nitrogen and oxygen atoms in total. The zero-order valence-corrected chi connectivity index (χ0v) is 17.4. The van der Waals surface area contributed by atoms with Gasteiger partial charge >= 0.3 is 6.03 Å². The van der Waals surface area contributed by atoms with Crippen molar-refractivity contribution in [2.24, 2.45) is 0 Å². The highest BCUT2D eigenvalue weighted by molar-refractivity contribution is 8.00. The Morgan fingerprint density at radius 2 is 1.73 bits per heavy atom. The molecule has 2 saturated heterocycles. The van der Waals surface area contributed by atoms with Crippen LogP contribution < -0.4 is 20.7 Å². The molecule has 0 spiro atoms. The van der Waals surface area contributed by atoms with E-state index in [1.807, 2.05) is 60.3 Å². The first-order valence-electron chi connectivity index (χ1n) is 10.5. The molecule has 3 N–H and O–H groups in total. The molecule has 0 unspecified atom stereocenters. The fourth-order valence-electron chi connectivity index (χ4n) is 4.57. The molecule has 2 aromatic rings. The predicted molar refractivity (Wildman–Crippen MR) is 117 cm³/mol. The maximum absolute atomic E-state index is 12.7. The van der Waals surface area contributed by atoms with Crippen molar-refractivity contribution < 1.29 is 14.3 Å². The number of carbonyl (C=O) groups is 2. The van der Waals surface area contributed by atoms with Gasteiger partial charge < -0.3 is 20.7 Å². The van der Waals surface area contributed by atoms with E-state index in [0.717, 1.165) is 47.6 Å². The molecule has 30 heavy (non-hydrogen) atoms. The Morgan fingerprint density at radius 3 is 2.47 bits per heavy atom. The Morgan fingerprint density at radius 1 is 1.03 bits per heavy atom. The molecule has 3 amide bonds. The van der Waals surface area contributed by atoms with E-state index < -0.39 is 0 Å². The molecule has 3 heterocycles. The standard InChI is InChI=1S/C23H25N3O3S/c27-20(12-6-5-11-19-22-16(13-30-19)24-23(28)26-22)25-21-14-7-1-3-9-17(14)29-18-10-4-2-8-15(18)21/h1-4,7-10,16,19,21-22H,5-6,11-13H2,(H,25,27)(H2,24,26,28)/t16-,19-,22-/m0/s1. The minimum Gasteiger partial charge on any atom is -0.457 e. The van der Waals surface area contributed by atoms with Gasteiger partial charge in [-0.15, -0.1) is 0 Å². The summed E-state index contributed by atoms with van der Waals surface area (Å²) in [5, 5.41) is 9.65. The summed E-state index contributed by atoms with van der Waals surface area (Å²) in [5.41, 5.74) is 1.98. The minimum atomic E-state index is -0.190. The van der Waals surface area contributed by atoms with Crippen LogP contribution in [0.2, 0.25) is 0 Å². The minimum absolute atomic E-state index is 0.0494. The Bertz CT molecular complexity index is 921. The predicted octanol–water partition coefficient (Wildman–Crippen LogP) is 3.72. The van der Waals surface area contributed by atoms with E-state index in [1.165, 1.54) is 0 Å². The Hall–Kier alpha value is -2.67. The number of fused-ring (bicyclic) bond motifs is 3. The average molecular weight is 424 g/mol. The lowest BCUT2D eigenvalue weighted by atomic mass is 9.94. The molecule has 3 atom stereocenters. The van der Waals surface area contributed by atoms with Crippen molar-refractivity contribution in [2.45, 2.75) is 49.1 Å². The lowest BCUT2D eigenvalue weighted by Crippen LogP contribution is -2.36. The van der Waals surface area contributed by atoms with Gasteiger partial charge in [0.05, 0.1) is 18.1 Å². The molecule has 2 fully saturated rings. The van der Waals surface area contributed by atoms with Crippen LogP contribution in [-0.2, 0) is 4.79 Å². The number of nitrogens with one attached hydrogen (secondary N) is 3. The molecule has 0 bridgehead atoms. The summed E-state index contributed by atoms with van der Waals surface area (Å²) in [6, 6.07) is 16.0. The Kier molecular flexibility index (Phi) is 5.29. The summed E-state index contributed by atoms with van der Waals surface area (Å²) in [5.74, 6) is 2.61. The molecule has 0 radical (unpaired) electrons. The largest absolute Gasteiger partial charge is 0.457 e. The molecule has 0 aromatic heterocycles. The SMILES string of the molecule is O=C(CCCC[C@@H]1SC[C@@H]2NC(=O)N[C@@H]21)NC1c2ccccc2Oc2ccccc21. The number of urea groups is 1. The van der Waals surface area contributed by atoms with Crippen LogP contribution in [0.3, 0.4) is 0 Å². The van der Waals surface area contributed by atoms with Gasteiger partial charge in [-0.1, -0.05) is 42.8 Å². The monoisotopic (exact) mass is 423 g/mol. The normalized spacial score (nSPS) is 24.1. The third-order valence-electron chi connectivity index (χ3n) is 6.07. The second kappa shape index (κ2) is 8.22. The van der Waals surface area contributed by atoms with E-state index in [-0.39, 0.29) is 30.1 Å². The first-order valence-corrected chi connectivity index (χ1v) is 11.6. The second-order valence-corrected chi connectivity index (χ2v) is 9.32. The zero-order chi connectivity index (χ0) is 20.5. The van der Waals surface area contributed by atoms with Crippen molar-refractivity contribution in [2.75, 3.05) is 5.75 Å². The molecule has 5 rings (SSSR count). The molecule has 3 aliphatic rings. The third-order valence-corrected chi connectivity index (χ3v) is 7.57. The average Bonchev–Trinajstić information content (AvgIpc) is 3.30. The Labute approximate surface area is 180 Å². The maximum Gasteiger partial charge on any atom is 0.315 e. The van der Waals surface area contributed by atoms with Gasteiger partial charge in [0.2, 0.25) is 5.91 Å². The van der Waals surface area contributed by atoms with Crippen LogP contribution >= 0.6 is 11.8 Å². The number of thioether (sulfide) groups is 1. The number of ether oxygens (including phenoxy) is 1. The third kappa shape index (κ3) is 3.74. The smallest absolute Gasteiger partial charge is 0.315 e. The number of benzene rings is 2. The summed E-state index contributed by atoms with van der Waals surface area (Å²) in [4.78, 5) is 24.2. The summed E-state index contributed by atoms with van der Waals surface area (Å²) in [6.07, 6.45) is 3.33. The summed E-state index contributed by atoms with van der Waals surface area (Å²) >= 11 is 1.92. The fourth-order valence-corrected chi connectivity index (χ4v) is 6.12. The first kappa shape index (κ1) is 19.3. The van der Waals surface area contributed by atoms with Crippen molar-refractivity contribution in [3.8, 4) is 11.5 Å². The summed E-state index contributed by atoms with van der Waals surface area (Å²) < 4.78 is 6.00. The van der Waals surface area contributed by atoms with Gasteiger partial charge in [-0.3, -0.25) is 4.79 Å². The Balaban J connectivity index is 1.16. The highest BCUT2D eigenvalue weighted by atomic mass is 32.2. The highest BCUT2D eigenvalue weighted by Gasteiger charge is 2.42. The number of unbranched alkanes of at least 4 members (excludes halogenated alkanes) is 1. The zero-order valence-electron chi connectivity index (χ0n) is 16.6. The maximum atomic E-state index is 12.7. The first-order chi connectivity index (χ1) is 14.7. The van der Waals surface area contributed by atoms with Gasteiger partial charge in [0, 0.05) is 28.6 Å². The summed E-state index contributed by atoms with van der Waals surface area (Å²) in [7, 11) is 0. The quantitative estimate of drug-likeness (QED) is 0.489. The van der Waals surface area contributed by atoms with Crippen LogP contribution in [0.5, 0.6) is 11.5 Å². The van der Waals surface area contributed by atoms with Gasteiger partial charge in [-0.05, 0) is 25.0 Å². The van der Waals surface area contributed by atoms with E-state index in [4.69, 9.17) is 4.74 Å². The van der Waals surface area contributed by atoms with Crippen molar-refractivity contribution in [1.82, 2.24) is 16.0 Å². The van der Waals surface area contributed by atoms with Crippen molar-refractivity contribution >= 4 is 23.7 Å². The van der Waals surface area contributed by atoms with E-state index >= 15 is 0 Å². The van der Waals surface area contributed by atoms with Gasteiger partial charge in [0.15, 0.2) is 0 Å². The van der Waals surface area contributed by atoms with Gasteiger partial charge in [-0.25, -0.2) is 4.79 Å². The van der Waals surface area contributed by atoms with E-state index in [9.17, 15) is 9.59 Å². The molecule has 2 aromatic carbocycles. The summed E-state index contributed by atoms with van der Waals surface area (Å²) in [6.45, 7) is 0. The lowest BCUT2D eigenvalue weighted by Gasteiger charge is -2.28. The van der Waals surface area contributed by atoms with Crippen molar-refractivity contribution in [3.05, 3.63) is 59.7 Å². The number of hydrogen-bond donors (Lipinski definition) is 3.